The van der Waals surface area contributed by atoms with Crippen molar-refractivity contribution in [2.75, 3.05) is 54.5 Å². The number of piperidine rings is 1. The van der Waals surface area contributed by atoms with E-state index in [0.29, 0.717) is 5.92 Å². The van der Waals surface area contributed by atoms with Crippen molar-refractivity contribution >= 4 is 5.96 Å². The fourth-order valence-electron chi connectivity index (χ4n) is 4.14. The van der Waals surface area contributed by atoms with Gasteiger partial charge in [0, 0.05) is 40.3 Å². The van der Waals surface area contributed by atoms with Crippen LogP contribution < -0.4 is 14.8 Å². The maximum Gasteiger partial charge on any atom is 0.193 e. The smallest absolute Gasteiger partial charge is 0.193 e. The van der Waals surface area contributed by atoms with Gasteiger partial charge in [0.05, 0.1) is 14.2 Å². The highest BCUT2D eigenvalue weighted by Crippen LogP contribution is 2.30. The quantitative estimate of drug-likeness (QED) is 0.532. The predicted octanol–water partition coefficient (Wildman–Crippen LogP) is 3.39. The zero-order valence-electron chi connectivity index (χ0n) is 19.4. The fraction of sp³-hybridized carbons (Fsp3) is 0.696. The van der Waals surface area contributed by atoms with Crippen molar-refractivity contribution < 1.29 is 9.47 Å². The second-order valence-corrected chi connectivity index (χ2v) is 8.58. The van der Waals surface area contributed by atoms with Gasteiger partial charge in [-0.15, -0.1) is 0 Å². The molecule has 1 aliphatic rings. The molecule has 0 aromatic heterocycles. The maximum atomic E-state index is 5.47. The number of benzene rings is 1. The van der Waals surface area contributed by atoms with Crippen molar-refractivity contribution in [2.24, 2.45) is 16.8 Å². The molecule has 1 aromatic carbocycles. The molecule has 0 aliphatic carbocycles. The van der Waals surface area contributed by atoms with E-state index < -0.39 is 0 Å². The van der Waals surface area contributed by atoms with Gasteiger partial charge in [-0.3, -0.25) is 4.99 Å². The summed E-state index contributed by atoms with van der Waals surface area (Å²) in [5.41, 5.74) is 2.38. The van der Waals surface area contributed by atoms with Crippen LogP contribution in [0.25, 0.3) is 0 Å². The molecule has 1 atom stereocenters. The van der Waals surface area contributed by atoms with E-state index in [1.54, 1.807) is 14.2 Å². The third-order valence-electron chi connectivity index (χ3n) is 5.60. The molecule has 1 N–H and O–H groups in total. The number of ether oxygens (including phenoxy) is 2. The lowest BCUT2D eigenvalue weighted by Crippen LogP contribution is -2.45. The van der Waals surface area contributed by atoms with E-state index in [4.69, 9.17) is 9.47 Å². The third-order valence-corrected chi connectivity index (χ3v) is 5.60. The Bertz CT molecular complexity index is 675. The Morgan fingerprint density at radius 2 is 1.97 bits per heavy atom. The first-order chi connectivity index (χ1) is 13.9. The number of hydrogen-bond acceptors (Lipinski definition) is 4. The van der Waals surface area contributed by atoms with Crippen molar-refractivity contribution in [3.05, 3.63) is 23.3 Å². The Balaban J connectivity index is 1.95. The summed E-state index contributed by atoms with van der Waals surface area (Å²) in [7, 11) is 7.28. The first kappa shape index (κ1) is 23.3. The van der Waals surface area contributed by atoms with E-state index in [1.165, 1.54) is 43.6 Å². The molecular formula is C23H40N4O2. The second kappa shape index (κ2) is 11.3. The van der Waals surface area contributed by atoms with Crippen molar-refractivity contribution in [3.8, 4) is 11.5 Å². The standard InChI is InChI=1S/C23H40N4O2/c1-17(2)14-27-10-8-9-19(15-27)13-25-23(24-4)26(5)16-20-12-22(29-7)21(28-6)11-18(20)3/h11-12,17,19H,8-10,13-16H2,1-7H3,(H,24,25). The summed E-state index contributed by atoms with van der Waals surface area (Å²) in [5, 5.41) is 3.60. The van der Waals surface area contributed by atoms with Gasteiger partial charge >= 0.3 is 0 Å². The number of aliphatic imine (C=N–C) groups is 1. The molecule has 0 spiro atoms. The van der Waals surface area contributed by atoms with Gasteiger partial charge in [0.2, 0.25) is 0 Å². The van der Waals surface area contributed by atoms with Gasteiger partial charge in [-0.25, -0.2) is 0 Å². The highest BCUT2D eigenvalue weighted by molar-refractivity contribution is 5.79. The van der Waals surface area contributed by atoms with Crippen LogP contribution in [0.3, 0.4) is 0 Å². The Kier molecular flexibility index (Phi) is 9.08. The average Bonchev–Trinajstić information content (AvgIpc) is 2.69. The lowest BCUT2D eigenvalue weighted by atomic mass is 9.97. The van der Waals surface area contributed by atoms with Gasteiger partial charge in [-0.2, -0.15) is 0 Å². The van der Waals surface area contributed by atoms with E-state index in [2.05, 4.69) is 54.0 Å². The van der Waals surface area contributed by atoms with Crippen LogP contribution >= 0.6 is 0 Å². The van der Waals surface area contributed by atoms with E-state index in [0.717, 1.165) is 36.5 Å². The molecule has 1 aliphatic heterocycles. The van der Waals surface area contributed by atoms with Gasteiger partial charge in [0.25, 0.3) is 0 Å². The molecule has 2 rings (SSSR count). The predicted molar refractivity (Wildman–Crippen MR) is 121 cm³/mol. The van der Waals surface area contributed by atoms with Gasteiger partial charge < -0.3 is 24.6 Å². The van der Waals surface area contributed by atoms with Crippen molar-refractivity contribution in [3.63, 3.8) is 0 Å². The summed E-state index contributed by atoms with van der Waals surface area (Å²) in [4.78, 5) is 9.28. The van der Waals surface area contributed by atoms with Crippen LogP contribution in [0.5, 0.6) is 11.5 Å². The zero-order valence-corrected chi connectivity index (χ0v) is 19.4. The molecular weight excluding hydrogens is 364 g/mol. The number of rotatable bonds is 8. The van der Waals surface area contributed by atoms with Crippen molar-refractivity contribution in [1.29, 1.82) is 0 Å². The molecule has 1 fully saturated rings. The average molecular weight is 405 g/mol. The first-order valence-electron chi connectivity index (χ1n) is 10.7. The van der Waals surface area contributed by atoms with Gasteiger partial charge in [-0.1, -0.05) is 13.8 Å². The molecule has 0 saturated carbocycles. The number of likely N-dealkylation sites (tertiary alicyclic amines) is 1. The second-order valence-electron chi connectivity index (χ2n) is 8.58. The third kappa shape index (κ3) is 6.81. The summed E-state index contributed by atoms with van der Waals surface area (Å²) in [5.74, 6) is 3.86. The number of aryl methyl sites for hydroxylation is 1. The molecule has 0 bridgehead atoms. The van der Waals surface area contributed by atoms with Crippen LogP contribution in [0.1, 0.15) is 37.8 Å². The van der Waals surface area contributed by atoms with Crippen LogP contribution in [0.4, 0.5) is 0 Å². The van der Waals surface area contributed by atoms with Gasteiger partial charge in [0.1, 0.15) is 0 Å². The first-order valence-corrected chi connectivity index (χ1v) is 10.7. The van der Waals surface area contributed by atoms with Crippen LogP contribution in [0.15, 0.2) is 17.1 Å². The van der Waals surface area contributed by atoms with Gasteiger partial charge in [0.15, 0.2) is 17.5 Å². The molecule has 1 heterocycles. The maximum absolute atomic E-state index is 5.47. The summed E-state index contributed by atoms with van der Waals surface area (Å²) >= 11 is 0. The van der Waals surface area contributed by atoms with E-state index >= 15 is 0 Å². The highest BCUT2D eigenvalue weighted by atomic mass is 16.5. The van der Waals surface area contributed by atoms with Crippen LogP contribution in [0.2, 0.25) is 0 Å². The fourth-order valence-corrected chi connectivity index (χ4v) is 4.14. The van der Waals surface area contributed by atoms with Crippen molar-refractivity contribution in [1.82, 2.24) is 15.1 Å². The number of hydrogen-bond donors (Lipinski definition) is 1. The summed E-state index contributed by atoms with van der Waals surface area (Å²) in [6, 6.07) is 4.09. The van der Waals surface area contributed by atoms with Crippen molar-refractivity contribution in [2.45, 2.75) is 40.2 Å². The van der Waals surface area contributed by atoms with Crippen LogP contribution in [0, 0.1) is 18.8 Å². The summed E-state index contributed by atoms with van der Waals surface area (Å²) < 4.78 is 10.9. The van der Waals surface area contributed by atoms with Gasteiger partial charge in [-0.05, 0) is 61.4 Å². The Hall–Kier alpha value is -1.95. The largest absolute Gasteiger partial charge is 0.493 e. The number of guanidine groups is 1. The monoisotopic (exact) mass is 404 g/mol. The molecule has 0 radical (unpaired) electrons. The Morgan fingerprint density at radius 1 is 1.28 bits per heavy atom. The topological polar surface area (TPSA) is 49.3 Å². The molecule has 0 amide bonds. The lowest BCUT2D eigenvalue weighted by molar-refractivity contribution is 0.159. The number of nitrogens with one attached hydrogen (secondary N) is 1. The summed E-state index contributed by atoms with van der Waals surface area (Å²) in [6.45, 7) is 12.1. The number of nitrogens with zero attached hydrogens (tertiary/aromatic N) is 3. The van der Waals surface area contributed by atoms with E-state index in [-0.39, 0.29) is 0 Å². The molecule has 1 saturated heterocycles. The molecule has 6 nitrogen and oxygen atoms in total. The van der Waals surface area contributed by atoms with E-state index in [1.807, 2.05) is 13.1 Å². The molecule has 1 aromatic rings. The molecule has 6 heteroatoms. The normalized spacial score (nSPS) is 18.1. The minimum absolute atomic E-state index is 0.676. The minimum atomic E-state index is 0.676. The van der Waals surface area contributed by atoms with Crippen LogP contribution in [-0.2, 0) is 6.54 Å². The highest BCUT2D eigenvalue weighted by Gasteiger charge is 2.21. The zero-order chi connectivity index (χ0) is 21.4. The summed E-state index contributed by atoms with van der Waals surface area (Å²) in [6.07, 6.45) is 2.58. The van der Waals surface area contributed by atoms with E-state index in [9.17, 15) is 0 Å². The number of methoxy groups -OCH3 is 2. The molecule has 164 valence electrons. The van der Waals surface area contributed by atoms with Crippen LogP contribution in [-0.4, -0.2) is 70.3 Å². The molecule has 29 heavy (non-hydrogen) atoms. The lowest BCUT2D eigenvalue weighted by Gasteiger charge is -2.34. The minimum Gasteiger partial charge on any atom is -0.493 e. The Morgan fingerprint density at radius 3 is 2.59 bits per heavy atom. The molecule has 1 unspecified atom stereocenters. The SMILES string of the molecule is CN=C(NCC1CCCN(CC(C)C)C1)N(C)Cc1cc(OC)c(OC)cc1C. The Labute approximate surface area is 177 Å².